The van der Waals surface area contributed by atoms with Crippen molar-refractivity contribution in [3.63, 3.8) is 0 Å². The van der Waals surface area contributed by atoms with Gasteiger partial charge < -0.3 is 5.32 Å². The summed E-state index contributed by atoms with van der Waals surface area (Å²) in [6.07, 6.45) is 3.88. The zero-order valence-electron chi connectivity index (χ0n) is 20.2. The third kappa shape index (κ3) is 5.46. The smallest absolute Gasteiger partial charge is 0.273 e. The van der Waals surface area contributed by atoms with Gasteiger partial charge in [-0.25, -0.2) is 13.4 Å². The first-order valence-electron chi connectivity index (χ1n) is 11.7. The topological polar surface area (TPSA) is 88.2 Å². The van der Waals surface area contributed by atoms with Crippen LogP contribution in [0.4, 0.5) is 10.8 Å². The van der Waals surface area contributed by atoms with Crippen LogP contribution in [0.25, 0.3) is 11.6 Å². The van der Waals surface area contributed by atoms with Crippen LogP contribution in [0.5, 0.6) is 0 Å². The van der Waals surface area contributed by atoms with Gasteiger partial charge in [0.05, 0.1) is 5.69 Å². The second-order valence-electron chi connectivity index (χ2n) is 8.82. The van der Waals surface area contributed by atoms with Gasteiger partial charge in [-0.15, -0.1) is 0 Å². The van der Waals surface area contributed by atoms with Gasteiger partial charge in [0, 0.05) is 17.6 Å². The number of rotatable bonds is 5. The number of nitrogens with one attached hydrogen (secondary N) is 2. The molecule has 4 aromatic rings. The number of carbonyl (C=O) groups excluding carboxylic acids is 1. The number of aryl methyl sites for hydroxylation is 3. The van der Waals surface area contributed by atoms with Gasteiger partial charge in [0.25, 0.3) is 10.0 Å². The maximum Gasteiger partial charge on any atom is 0.273 e. The van der Waals surface area contributed by atoms with Crippen LogP contribution < -0.4 is 10.0 Å². The third-order valence-electron chi connectivity index (χ3n) is 6.06. The highest BCUT2D eigenvalue weighted by molar-refractivity contribution is 7.94. The van der Waals surface area contributed by atoms with E-state index in [1.807, 2.05) is 36.4 Å². The van der Waals surface area contributed by atoms with Crippen LogP contribution in [0.1, 0.15) is 40.4 Å². The predicted octanol–water partition coefficient (Wildman–Crippen LogP) is 6.55. The second kappa shape index (κ2) is 10.1. The third-order valence-corrected chi connectivity index (χ3v) is 9.36. The van der Waals surface area contributed by atoms with Crippen molar-refractivity contribution in [2.24, 2.45) is 0 Å². The first-order valence-corrected chi connectivity index (χ1v) is 14.3. The molecule has 1 heterocycles. The number of thiazole rings is 1. The van der Waals surface area contributed by atoms with Gasteiger partial charge >= 0.3 is 0 Å². The van der Waals surface area contributed by atoms with E-state index in [4.69, 9.17) is 11.6 Å². The van der Waals surface area contributed by atoms with E-state index < -0.39 is 10.0 Å². The Kier molecular flexibility index (Phi) is 6.90. The van der Waals surface area contributed by atoms with Crippen molar-refractivity contribution >= 4 is 61.3 Å². The molecule has 9 heteroatoms. The van der Waals surface area contributed by atoms with Crippen molar-refractivity contribution in [2.45, 2.75) is 30.9 Å². The van der Waals surface area contributed by atoms with Crippen LogP contribution in [-0.2, 0) is 27.7 Å². The van der Waals surface area contributed by atoms with Gasteiger partial charge in [0.15, 0.2) is 9.34 Å². The average molecular weight is 550 g/mol. The Bertz CT molecular complexity index is 1660. The minimum atomic E-state index is -3.90. The van der Waals surface area contributed by atoms with Gasteiger partial charge in [-0.2, -0.15) is 0 Å². The number of carbonyl (C=O) groups is 1. The Hall–Kier alpha value is -3.46. The number of fused-ring (bicyclic) bond motifs is 2. The summed E-state index contributed by atoms with van der Waals surface area (Å²) in [5.74, 6) is -0.310. The van der Waals surface area contributed by atoms with Crippen molar-refractivity contribution in [1.82, 2.24) is 4.98 Å². The highest BCUT2D eigenvalue weighted by Crippen LogP contribution is 2.36. The van der Waals surface area contributed by atoms with Gasteiger partial charge in [-0.3, -0.25) is 9.52 Å². The van der Waals surface area contributed by atoms with Gasteiger partial charge in [0.2, 0.25) is 5.91 Å². The number of nitrogens with zero attached hydrogens (tertiary/aromatic N) is 1. The zero-order valence-corrected chi connectivity index (χ0v) is 22.6. The van der Waals surface area contributed by atoms with E-state index in [9.17, 15) is 13.2 Å². The Morgan fingerprint density at radius 1 is 1.00 bits per heavy atom. The minimum absolute atomic E-state index is 0.0588. The number of amides is 1. The number of hydrogen-bond donors (Lipinski definition) is 2. The van der Waals surface area contributed by atoms with E-state index >= 15 is 0 Å². The molecule has 5 rings (SSSR count). The molecular weight excluding hydrogens is 526 g/mol. The van der Waals surface area contributed by atoms with E-state index in [1.165, 1.54) is 18.1 Å². The van der Waals surface area contributed by atoms with E-state index in [-0.39, 0.29) is 15.2 Å². The highest BCUT2D eigenvalue weighted by atomic mass is 35.5. The molecule has 0 spiro atoms. The van der Waals surface area contributed by atoms with E-state index in [0.717, 1.165) is 46.4 Å². The maximum absolute atomic E-state index is 13.1. The monoisotopic (exact) mass is 549 g/mol. The van der Waals surface area contributed by atoms with Crippen LogP contribution in [0.15, 0.2) is 70.9 Å². The van der Waals surface area contributed by atoms with Crippen LogP contribution in [0.3, 0.4) is 0 Å². The number of hydrogen-bond acceptors (Lipinski definition) is 5. The first-order chi connectivity index (χ1) is 17.7. The molecule has 0 aliphatic heterocycles. The molecule has 0 saturated heterocycles. The molecule has 0 bridgehead atoms. The lowest BCUT2D eigenvalue weighted by molar-refractivity contribution is -0.114. The molecule has 37 heavy (non-hydrogen) atoms. The SMILES string of the molecule is CC(=O)Nc1nc(C)c(S(=O)(=O)Nc2cccc(C=C3c4ccccc4CCc4cc(Cl)ccc43)c2)s1. The molecule has 1 aliphatic carbocycles. The average Bonchev–Trinajstić information content (AvgIpc) is 3.14. The molecule has 6 nitrogen and oxygen atoms in total. The Morgan fingerprint density at radius 3 is 2.57 bits per heavy atom. The van der Waals surface area contributed by atoms with E-state index in [0.29, 0.717) is 16.4 Å². The van der Waals surface area contributed by atoms with Crippen molar-refractivity contribution in [1.29, 1.82) is 0 Å². The molecular formula is C28H24ClN3O3S2. The molecule has 188 valence electrons. The molecule has 0 atom stereocenters. The molecule has 1 aromatic heterocycles. The molecule has 0 saturated carbocycles. The summed E-state index contributed by atoms with van der Waals surface area (Å²) in [6.45, 7) is 2.95. The summed E-state index contributed by atoms with van der Waals surface area (Å²) >= 11 is 7.23. The lowest BCUT2D eigenvalue weighted by Gasteiger charge is -2.13. The minimum Gasteiger partial charge on any atom is -0.302 e. The van der Waals surface area contributed by atoms with Crippen molar-refractivity contribution < 1.29 is 13.2 Å². The number of anilines is 2. The molecule has 0 fully saturated rings. The largest absolute Gasteiger partial charge is 0.302 e. The van der Waals surface area contributed by atoms with Gasteiger partial charge in [-0.1, -0.05) is 65.4 Å². The second-order valence-corrected chi connectivity index (χ2v) is 12.1. The van der Waals surface area contributed by atoms with Crippen molar-refractivity contribution in [3.8, 4) is 0 Å². The molecule has 1 amide bonds. The Morgan fingerprint density at radius 2 is 1.76 bits per heavy atom. The molecule has 0 unspecified atom stereocenters. The summed E-state index contributed by atoms with van der Waals surface area (Å²) in [5, 5.41) is 3.50. The normalized spacial score (nSPS) is 14.0. The van der Waals surface area contributed by atoms with Crippen LogP contribution in [0, 0.1) is 6.92 Å². The number of sulfonamides is 1. The quantitative estimate of drug-likeness (QED) is 0.295. The maximum atomic E-state index is 13.1. The highest BCUT2D eigenvalue weighted by Gasteiger charge is 2.23. The fourth-order valence-electron chi connectivity index (χ4n) is 4.50. The van der Waals surface area contributed by atoms with Crippen LogP contribution in [0.2, 0.25) is 5.02 Å². The van der Waals surface area contributed by atoms with E-state index in [1.54, 1.807) is 19.1 Å². The van der Waals surface area contributed by atoms with E-state index in [2.05, 4.69) is 39.3 Å². The molecule has 1 aliphatic rings. The summed E-state index contributed by atoms with van der Waals surface area (Å²) in [6, 6.07) is 21.6. The van der Waals surface area contributed by atoms with Crippen molar-refractivity contribution in [3.05, 3.63) is 105 Å². The fraction of sp³-hybridized carbons (Fsp3) is 0.143. The lowest BCUT2D eigenvalue weighted by atomic mass is 9.92. The predicted molar refractivity (Wildman–Crippen MR) is 151 cm³/mol. The molecule has 3 aromatic carbocycles. The Labute approximate surface area is 225 Å². The Balaban J connectivity index is 1.52. The van der Waals surface area contributed by atoms with Crippen LogP contribution >= 0.6 is 22.9 Å². The fourth-order valence-corrected chi connectivity index (χ4v) is 7.20. The lowest BCUT2D eigenvalue weighted by Crippen LogP contribution is -2.12. The molecule has 0 radical (unpaired) electrons. The summed E-state index contributed by atoms with van der Waals surface area (Å²) in [4.78, 5) is 15.5. The first kappa shape index (κ1) is 25.2. The van der Waals surface area contributed by atoms with Crippen LogP contribution in [-0.4, -0.2) is 19.3 Å². The van der Waals surface area contributed by atoms with Crippen molar-refractivity contribution in [2.75, 3.05) is 10.0 Å². The summed E-state index contributed by atoms with van der Waals surface area (Å²) < 4.78 is 29.0. The number of aromatic nitrogens is 1. The summed E-state index contributed by atoms with van der Waals surface area (Å²) in [5.41, 5.74) is 7.39. The summed E-state index contributed by atoms with van der Waals surface area (Å²) in [7, 11) is -3.90. The van der Waals surface area contributed by atoms with Gasteiger partial charge in [-0.05, 0) is 83.5 Å². The van der Waals surface area contributed by atoms with Gasteiger partial charge in [0.1, 0.15) is 0 Å². The number of halogens is 1. The number of benzene rings is 3. The molecule has 2 N–H and O–H groups in total. The zero-order chi connectivity index (χ0) is 26.2. The standard InChI is InChI=1S/C28H24ClN3O3S2/c1-17-27(36-28(30-17)31-18(2)33)37(34,35)32-23-8-5-6-19(14-23)15-26-24-9-4-3-7-20(24)10-11-21-16-22(29)12-13-25(21)26/h3-9,12-16,32H,10-11H2,1-2H3,(H,30,31,33).